The van der Waals surface area contributed by atoms with Gasteiger partial charge in [-0.25, -0.2) is 0 Å². The summed E-state index contributed by atoms with van der Waals surface area (Å²) in [5.74, 6) is -0.613. The number of thioether (sulfide) groups is 1. The predicted molar refractivity (Wildman–Crippen MR) is 72.3 cm³/mol. The molecule has 0 aromatic heterocycles. The van der Waals surface area contributed by atoms with E-state index in [1.807, 2.05) is 13.0 Å². The van der Waals surface area contributed by atoms with Gasteiger partial charge in [0.25, 0.3) is 0 Å². The molecular weight excluding hydrogens is 250 g/mol. The summed E-state index contributed by atoms with van der Waals surface area (Å²) in [4.78, 5) is 25.7. The Hall–Kier alpha value is -1.69. The van der Waals surface area contributed by atoms with Crippen molar-refractivity contribution in [2.45, 2.75) is 23.5 Å². The fourth-order valence-electron chi connectivity index (χ4n) is 1.92. The zero-order valence-electron chi connectivity index (χ0n) is 10.1. The van der Waals surface area contributed by atoms with Crippen LogP contribution in [0, 0.1) is 0 Å². The van der Waals surface area contributed by atoms with Gasteiger partial charge in [0.2, 0.25) is 11.8 Å². The van der Waals surface area contributed by atoms with Crippen LogP contribution in [0.25, 0.3) is 0 Å². The first-order valence-electron chi connectivity index (χ1n) is 5.68. The molecule has 0 saturated heterocycles. The second kappa shape index (κ2) is 4.89. The number of fused-ring (bicyclic) bond motifs is 1. The topological polar surface area (TPSA) is 89.4 Å². The zero-order chi connectivity index (χ0) is 13.3. The summed E-state index contributed by atoms with van der Waals surface area (Å²) in [6.45, 7) is 1.84. The standard InChI is InChI=1S/C12H15N3O2S/c1-2-9-12(17)15(6-11(14)16)8-5-7(13)3-4-10(8)18-9/h3-5,9H,2,6,13H2,1H3,(H2,14,16). The molecule has 0 saturated carbocycles. The molecule has 1 aromatic rings. The first kappa shape index (κ1) is 12.8. The van der Waals surface area contributed by atoms with Crippen LogP contribution in [0.5, 0.6) is 0 Å². The van der Waals surface area contributed by atoms with Crippen LogP contribution in [0.15, 0.2) is 23.1 Å². The molecule has 1 atom stereocenters. The molecule has 1 unspecified atom stereocenters. The van der Waals surface area contributed by atoms with Crippen molar-refractivity contribution in [1.29, 1.82) is 0 Å². The monoisotopic (exact) mass is 265 g/mol. The van der Waals surface area contributed by atoms with Gasteiger partial charge in [0.1, 0.15) is 6.54 Å². The van der Waals surface area contributed by atoms with Gasteiger partial charge in [0.05, 0.1) is 10.9 Å². The van der Waals surface area contributed by atoms with Crippen molar-refractivity contribution in [3.63, 3.8) is 0 Å². The summed E-state index contributed by atoms with van der Waals surface area (Å²) in [5.41, 5.74) is 12.2. The minimum atomic E-state index is -0.529. The lowest BCUT2D eigenvalue weighted by Gasteiger charge is -2.32. The third-order valence-electron chi connectivity index (χ3n) is 2.77. The van der Waals surface area contributed by atoms with Gasteiger partial charge in [-0.1, -0.05) is 6.92 Å². The first-order chi connectivity index (χ1) is 8.52. The molecule has 1 aliphatic heterocycles. The maximum absolute atomic E-state index is 12.2. The lowest BCUT2D eigenvalue weighted by molar-refractivity contribution is -0.122. The van der Waals surface area contributed by atoms with Crippen molar-refractivity contribution in [1.82, 2.24) is 0 Å². The largest absolute Gasteiger partial charge is 0.399 e. The van der Waals surface area contributed by atoms with Gasteiger partial charge < -0.3 is 16.4 Å². The van der Waals surface area contributed by atoms with E-state index in [-0.39, 0.29) is 17.7 Å². The van der Waals surface area contributed by atoms with Crippen LogP contribution in [0.1, 0.15) is 13.3 Å². The number of hydrogen-bond donors (Lipinski definition) is 2. The Balaban J connectivity index is 2.45. The molecule has 1 aromatic carbocycles. The number of hydrogen-bond acceptors (Lipinski definition) is 4. The average Bonchev–Trinajstić information content (AvgIpc) is 2.32. The lowest BCUT2D eigenvalue weighted by Crippen LogP contribution is -2.45. The minimum Gasteiger partial charge on any atom is -0.399 e. The molecule has 0 aliphatic carbocycles. The summed E-state index contributed by atoms with van der Waals surface area (Å²) in [6.07, 6.45) is 0.711. The second-order valence-electron chi connectivity index (χ2n) is 4.13. The maximum atomic E-state index is 12.2. The van der Waals surface area contributed by atoms with Gasteiger partial charge in [-0.15, -0.1) is 11.8 Å². The summed E-state index contributed by atoms with van der Waals surface area (Å²) in [6, 6.07) is 5.37. The number of rotatable bonds is 3. The van der Waals surface area contributed by atoms with Gasteiger partial charge in [-0.3, -0.25) is 9.59 Å². The fraction of sp³-hybridized carbons (Fsp3) is 0.333. The van der Waals surface area contributed by atoms with Crippen LogP contribution in [0.2, 0.25) is 0 Å². The second-order valence-corrected chi connectivity index (χ2v) is 5.38. The highest BCUT2D eigenvalue weighted by atomic mass is 32.2. The Morgan fingerprint density at radius 3 is 2.83 bits per heavy atom. The van der Waals surface area contributed by atoms with Crippen molar-refractivity contribution in [2.24, 2.45) is 5.73 Å². The third kappa shape index (κ3) is 2.28. The molecule has 1 heterocycles. The van der Waals surface area contributed by atoms with Crippen molar-refractivity contribution in [2.75, 3.05) is 17.2 Å². The minimum absolute atomic E-state index is 0.0839. The van der Waals surface area contributed by atoms with E-state index in [1.165, 1.54) is 16.7 Å². The van der Waals surface area contributed by atoms with Crippen LogP contribution < -0.4 is 16.4 Å². The summed E-state index contributed by atoms with van der Waals surface area (Å²) in [5, 5.41) is -0.166. The molecule has 4 N–H and O–H groups in total. The summed E-state index contributed by atoms with van der Waals surface area (Å²) in [7, 11) is 0. The van der Waals surface area contributed by atoms with Crippen molar-refractivity contribution in [3.05, 3.63) is 18.2 Å². The molecule has 5 nitrogen and oxygen atoms in total. The molecule has 0 spiro atoms. The number of nitrogens with zero attached hydrogens (tertiary/aromatic N) is 1. The number of anilines is 2. The lowest BCUT2D eigenvalue weighted by atomic mass is 10.2. The Bertz CT molecular complexity index is 504. The van der Waals surface area contributed by atoms with Gasteiger partial charge in [0, 0.05) is 10.6 Å². The van der Waals surface area contributed by atoms with Gasteiger partial charge in [-0.2, -0.15) is 0 Å². The van der Waals surface area contributed by atoms with Crippen LogP contribution in [0.3, 0.4) is 0 Å². The van der Waals surface area contributed by atoms with Crippen LogP contribution in [-0.2, 0) is 9.59 Å². The molecule has 1 aliphatic rings. The van der Waals surface area contributed by atoms with E-state index in [4.69, 9.17) is 11.5 Å². The SMILES string of the molecule is CCC1Sc2ccc(N)cc2N(CC(N)=O)C1=O. The van der Waals surface area contributed by atoms with Crippen molar-refractivity contribution in [3.8, 4) is 0 Å². The van der Waals surface area contributed by atoms with E-state index in [1.54, 1.807) is 12.1 Å². The quantitative estimate of drug-likeness (QED) is 0.797. The Labute approximate surface area is 110 Å². The van der Waals surface area contributed by atoms with Gasteiger partial charge in [-0.05, 0) is 24.6 Å². The van der Waals surface area contributed by atoms with Crippen LogP contribution >= 0.6 is 11.8 Å². The summed E-state index contributed by atoms with van der Waals surface area (Å²) < 4.78 is 0. The van der Waals surface area contributed by atoms with E-state index in [2.05, 4.69) is 0 Å². The molecular formula is C12H15N3O2S. The van der Waals surface area contributed by atoms with Crippen molar-refractivity contribution >= 4 is 35.0 Å². The van der Waals surface area contributed by atoms with E-state index in [0.29, 0.717) is 17.8 Å². The molecule has 0 bridgehead atoms. The van der Waals surface area contributed by atoms with Crippen LogP contribution in [0.4, 0.5) is 11.4 Å². The fourth-order valence-corrected chi connectivity index (χ4v) is 3.06. The molecule has 2 rings (SSSR count). The zero-order valence-corrected chi connectivity index (χ0v) is 10.9. The Kier molecular flexibility index (Phi) is 3.47. The van der Waals surface area contributed by atoms with Gasteiger partial charge >= 0.3 is 0 Å². The van der Waals surface area contributed by atoms with E-state index in [0.717, 1.165) is 4.90 Å². The number of carbonyl (C=O) groups is 2. The molecule has 96 valence electrons. The van der Waals surface area contributed by atoms with E-state index >= 15 is 0 Å². The Morgan fingerprint density at radius 2 is 2.22 bits per heavy atom. The number of nitrogens with two attached hydrogens (primary N) is 2. The Morgan fingerprint density at radius 1 is 1.50 bits per heavy atom. The van der Waals surface area contributed by atoms with Gasteiger partial charge in [0.15, 0.2) is 0 Å². The normalized spacial score (nSPS) is 18.6. The molecule has 6 heteroatoms. The third-order valence-corrected chi connectivity index (χ3v) is 4.19. The highest BCUT2D eigenvalue weighted by Crippen LogP contribution is 2.41. The van der Waals surface area contributed by atoms with E-state index in [9.17, 15) is 9.59 Å². The number of nitrogen functional groups attached to an aromatic ring is 1. The maximum Gasteiger partial charge on any atom is 0.240 e. The average molecular weight is 265 g/mol. The molecule has 2 amide bonds. The highest BCUT2D eigenvalue weighted by Gasteiger charge is 2.33. The number of benzene rings is 1. The van der Waals surface area contributed by atoms with Crippen molar-refractivity contribution < 1.29 is 9.59 Å². The van der Waals surface area contributed by atoms with Crippen LogP contribution in [-0.4, -0.2) is 23.6 Å². The number of primary amides is 1. The summed E-state index contributed by atoms with van der Waals surface area (Å²) >= 11 is 1.51. The first-order valence-corrected chi connectivity index (χ1v) is 6.56. The molecule has 0 fully saturated rings. The number of amides is 2. The van der Waals surface area contributed by atoms with E-state index < -0.39 is 5.91 Å². The number of carbonyl (C=O) groups excluding carboxylic acids is 2. The smallest absolute Gasteiger partial charge is 0.240 e. The highest BCUT2D eigenvalue weighted by molar-refractivity contribution is 8.01. The predicted octanol–water partition coefficient (Wildman–Crippen LogP) is 0.971. The molecule has 18 heavy (non-hydrogen) atoms. The molecule has 0 radical (unpaired) electrons.